The molecule has 0 saturated carbocycles. The van der Waals surface area contributed by atoms with Crippen LogP contribution in [0, 0.1) is 11.8 Å². The summed E-state index contributed by atoms with van der Waals surface area (Å²) in [6.07, 6.45) is 0. The summed E-state index contributed by atoms with van der Waals surface area (Å²) in [4.78, 5) is 21.5. The van der Waals surface area contributed by atoms with Crippen molar-refractivity contribution in [2.24, 2.45) is 11.8 Å². The van der Waals surface area contributed by atoms with Gasteiger partial charge in [-0.1, -0.05) is 27.7 Å². The van der Waals surface area contributed by atoms with Crippen molar-refractivity contribution in [3.05, 3.63) is 0 Å². The molecule has 0 aromatic carbocycles. The summed E-state index contributed by atoms with van der Waals surface area (Å²) in [6, 6.07) is 0. The van der Waals surface area contributed by atoms with Gasteiger partial charge in [0.15, 0.2) is 0 Å². The number of aliphatic hydroxyl groups is 1. The Balaban J connectivity index is 5.03. The van der Waals surface area contributed by atoms with Gasteiger partial charge in [0, 0.05) is 0 Å². The fourth-order valence-electron chi connectivity index (χ4n) is 1.30. The van der Waals surface area contributed by atoms with Crippen LogP contribution in [-0.4, -0.2) is 10.4 Å². The molecule has 1 N–H and O–H groups in total. The molecule has 0 bridgehead atoms. The highest BCUT2D eigenvalue weighted by Gasteiger charge is 2.38. The van der Waals surface area contributed by atoms with Gasteiger partial charge in [-0.15, -0.1) is 0 Å². The second kappa shape index (κ2) is 3.46. The van der Waals surface area contributed by atoms with Gasteiger partial charge < -0.3 is 19.5 Å². The predicted molar refractivity (Wildman–Crippen MR) is 42.2 cm³/mol. The fraction of sp³-hybridized carbons (Fsp3) is 1.00. The maximum absolute atomic E-state index is 10.8. The molecule has 0 heterocycles. The summed E-state index contributed by atoms with van der Waals surface area (Å²) >= 11 is 0. The van der Waals surface area contributed by atoms with Gasteiger partial charge in [0.05, 0.1) is 5.34 Å². The average Bonchev–Trinajstić information content (AvgIpc) is 1.82. The van der Waals surface area contributed by atoms with Gasteiger partial charge >= 0.3 is 0 Å². The van der Waals surface area contributed by atoms with E-state index in [1.54, 1.807) is 0 Å². The third kappa shape index (κ3) is 1.88. The molecule has 12 heavy (non-hydrogen) atoms. The Kier molecular flexibility index (Phi) is 3.49. The quantitative estimate of drug-likeness (QED) is 0.636. The third-order valence-corrected chi connectivity index (χ3v) is 4.05. The lowest BCUT2D eigenvalue weighted by Crippen LogP contribution is -2.47. The SMILES string of the molecule is CC(C)C(O)(C(C)C)P(=O)([O-])[O-]. The first-order chi connectivity index (χ1) is 5.14. The minimum absolute atomic E-state index is 0.585. The molecule has 0 aliphatic rings. The molecule has 0 atom stereocenters. The second-order valence-corrected chi connectivity index (χ2v) is 5.30. The van der Waals surface area contributed by atoms with Crippen LogP contribution in [-0.2, 0) is 4.57 Å². The molecule has 0 aliphatic carbocycles. The van der Waals surface area contributed by atoms with Crippen LogP contribution in [0.15, 0.2) is 0 Å². The minimum atomic E-state index is -4.94. The molecule has 0 saturated heterocycles. The Bertz CT molecular complexity index is 186. The molecule has 74 valence electrons. The molecule has 0 aromatic heterocycles. The standard InChI is InChI=1S/C7H17O4P/c1-5(2)7(8,6(3)4)12(9,10)11/h5-6,8H,1-4H3,(H2,9,10,11)/p-2. The summed E-state index contributed by atoms with van der Waals surface area (Å²) in [5.74, 6) is -1.17. The normalized spacial score (nSPS) is 14.4. The average molecular weight is 194 g/mol. The van der Waals surface area contributed by atoms with Crippen molar-refractivity contribution in [2.45, 2.75) is 33.0 Å². The molecule has 0 unspecified atom stereocenters. The van der Waals surface area contributed by atoms with Crippen molar-refractivity contribution in [1.82, 2.24) is 0 Å². The molecule has 0 amide bonds. The van der Waals surface area contributed by atoms with E-state index < -0.39 is 24.8 Å². The third-order valence-electron chi connectivity index (χ3n) is 2.14. The van der Waals surface area contributed by atoms with Crippen molar-refractivity contribution >= 4 is 7.60 Å². The van der Waals surface area contributed by atoms with Crippen LogP contribution >= 0.6 is 7.60 Å². The van der Waals surface area contributed by atoms with Crippen LogP contribution < -0.4 is 9.79 Å². The molecular formula is C7H15O4P-2. The molecular weight excluding hydrogens is 179 g/mol. The zero-order chi connectivity index (χ0) is 10.2. The van der Waals surface area contributed by atoms with Crippen LogP contribution in [0.2, 0.25) is 0 Å². The first-order valence-electron chi connectivity index (χ1n) is 3.88. The van der Waals surface area contributed by atoms with Gasteiger partial charge in [-0.25, -0.2) is 0 Å². The molecule has 4 nitrogen and oxygen atoms in total. The monoisotopic (exact) mass is 194 g/mol. The highest BCUT2D eigenvalue weighted by atomic mass is 31.2. The van der Waals surface area contributed by atoms with Crippen LogP contribution in [0.1, 0.15) is 27.7 Å². The lowest BCUT2D eigenvalue weighted by Gasteiger charge is -2.51. The van der Waals surface area contributed by atoms with E-state index in [2.05, 4.69) is 0 Å². The second-order valence-electron chi connectivity index (χ2n) is 3.59. The maximum Gasteiger partial charge on any atom is 0.0956 e. The minimum Gasteiger partial charge on any atom is -0.809 e. The van der Waals surface area contributed by atoms with Crippen LogP contribution in [0.3, 0.4) is 0 Å². The van der Waals surface area contributed by atoms with E-state index in [1.165, 1.54) is 27.7 Å². The first-order valence-corrected chi connectivity index (χ1v) is 5.42. The van der Waals surface area contributed by atoms with Crippen LogP contribution in [0.4, 0.5) is 0 Å². The Labute approximate surface area is 72.8 Å². The first kappa shape index (κ1) is 12.1. The fourth-order valence-corrected chi connectivity index (χ4v) is 2.56. The summed E-state index contributed by atoms with van der Waals surface area (Å²) in [5, 5.41) is 7.50. The lowest BCUT2D eigenvalue weighted by atomic mass is 9.96. The molecule has 0 rings (SSSR count). The van der Waals surface area contributed by atoms with Crippen molar-refractivity contribution in [1.29, 1.82) is 0 Å². The van der Waals surface area contributed by atoms with Gasteiger partial charge in [0.1, 0.15) is 0 Å². The van der Waals surface area contributed by atoms with E-state index in [0.29, 0.717) is 0 Å². The van der Waals surface area contributed by atoms with E-state index in [0.717, 1.165) is 0 Å². The number of rotatable bonds is 3. The van der Waals surface area contributed by atoms with Crippen molar-refractivity contribution in [2.75, 3.05) is 0 Å². The van der Waals surface area contributed by atoms with Crippen molar-refractivity contribution in [3.63, 3.8) is 0 Å². The zero-order valence-electron chi connectivity index (χ0n) is 7.77. The summed E-state index contributed by atoms with van der Waals surface area (Å²) in [6.45, 7) is 6.07. The number of hydrogen-bond donors (Lipinski definition) is 1. The zero-order valence-corrected chi connectivity index (χ0v) is 8.67. The van der Waals surface area contributed by atoms with Gasteiger partial charge in [-0.2, -0.15) is 0 Å². The maximum atomic E-state index is 10.8. The van der Waals surface area contributed by atoms with Crippen LogP contribution in [0.25, 0.3) is 0 Å². The lowest BCUT2D eigenvalue weighted by molar-refractivity contribution is -0.334. The Morgan fingerprint density at radius 2 is 1.42 bits per heavy atom. The molecule has 0 aromatic rings. The Morgan fingerprint density at radius 1 is 1.17 bits per heavy atom. The van der Waals surface area contributed by atoms with E-state index in [9.17, 15) is 19.5 Å². The van der Waals surface area contributed by atoms with Gasteiger partial charge in [-0.05, 0) is 19.4 Å². The van der Waals surface area contributed by atoms with E-state index in [-0.39, 0.29) is 0 Å². The highest BCUT2D eigenvalue weighted by molar-refractivity contribution is 7.50. The van der Waals surface area contributed by atoms with Crippen molar-refractivity contribution in [3.8, 4) is 0 Å². The van der Waals surface area contributed by atoms with Crippen LogP contribution in [0.5, 0.6) is 0 Å². The smallest absolute Gasteiger partial charge is 0.0956 e. The van der Waals surface area contributed by atoms with E-state index in [1.807, 2.05) is 0 Å². The summed E-state index contributed by atoms with van der Waals surface area (Å²) in [5.41, 5.74) is 0. The Morgan fingerprint density at radius 3 is 1.42 bits per heavy atom. The number of hydrogen-bond acceptors (Lipinski definition) is 4. The summed E-state index contributed by atoms with van der Waals surface area (Å²) < 4.78 is 10.8. The van der Waals surface area contributed by atoms with Gasteiger partial charge in [0.25, 0.3) is 0 Å². The Hall–Kier alpha value is 0.110. The molecule has 0 fully saturated rings. The van der Waals surface area contributed by atoms with Crippen molar-refractivity contribution < 1.29 is 19.5 Å². The van der Waals surface area contributed by atoms with Gasteiger partial charge in [-0.3, -0.25) is 0 Å². The van der Waals surface area contributed by atoms with E-state index in [4.69, 9.17) is 0 Å². The summed E-state index contributed by atoms with van der Waals surface area (Å²) in [7, 11) is -4.94. The predicted octanol–water partition coefficient (Wildman–Crippen LogP) is -0.0993. The van der Waals surface area contributed by atoms with E-state index >= 15 is 0 Å². The molecule has 0 spiro atoms. The molecule has 0 aliphatic heterocycles. The largest absolute Gasteiger partial charge is 0.809 e. The molecule has 5 heteroatoms. The highest BCUT2D eigenvalue weighted by Crippen LogP contribution is 2.50. The van der Waals surface area contributed by atoms with Gasteiger partial charge in [0.2, 0.25) is 0 Å². The molecule has 0 radical (unpaired) electrons. The topological polar surface area (TPSA) is 83.4 Å².